The maximum atomic E-state index is 5.44. The highest BCUT2D eigenvalue weighted by molar-refractivity contribution is 7.10. The van der Waals surface area contributed by atoms with Gasteiger partial charge in [0, 0.05) is 6.07 Å². The van der Waals surface area contributed by atoms with E-state index in [0.717, 1.165) is 0 Å². The minimum absolute atomic E-state index is 0.495. The molecule has 0 saturated carbocycles. The molecule has 0 atom stereocenters. The quantitative estimate of drug-likeness (QED) is 0.582. The Morgan fingerprint density at radius 3 is 2.71 bits per heavy atom. The molecule has 0 fully saturated rings. The molecule has 1 rings (SSSR count). The van der Waals surface area contributed by atoms with Crippen LogP contribution in [0.1, 0.15) is 0 Å². The largest absolute Gasteiger partial charge is 0.383 e. The van der Waals surface area contributed by atoms with Crippen LogP contribution < -0.4 is 5.73 Å². The van der Waals surface area contributed by atoms with Gasteiger partial charge in [-0.2, -0.15) is 4.37 Å². The zero-order valence-electron chi connectivity index (χ0n) is 3.39. The van der Waals surface area contributed by atoms with Gasteiger partial charge in [-0.15, -0.1) is 0 Å². The van der Waals surface area contributed by atoms with Crippen molar-refractivity contribution in [2.75, 3.05) is 5.73 Å². The first-order valence-corrected chi connectivity index (χ1v) is 2.82. The lowest BCUT2D eigenvalue weighted by Crippen LogP contribution is -1.78. The topological polar surface area (TPSA) is 38.9 Å². The predicted octanol–water partition coefficient (Wildman–Crippen LogP) is 1.38. The van der Waals surface area contributed by atoms with Crippen molar-refractivity contribution in [2.24, 2.45) is 0 Å². The Balaban J connectivity index is 3.04. The van der Waals surface area contributed by atoms with Gasteiger partial charge in [0.15, 0.2) is 0 Å². The van der Waals surface area contributed by atoms with Gasteiger partial charge in [0.25, 0.3) is 0 Å². The summed E-state index contributed by atoms with van der Waals surface area (Å²) in [5.41, 5.74) is 5.19. The molecule has 1 aromatic heterocycles. The zero-order valence-corrected chi connectivity index (χ0v) is 4.96. The van der Waals surface area contributed by atoms with E-state index in [2.05, 4.69) is 4.37 Å². The van der Waals surface area contributed by atoms with Crippen molar-refractivity contribution in [2.45, 2.75) is 0 Å². The highest BCUT2D eigenvalue weighted by atomic mass is 35.5. The smallest absolute Gasteiger partial charge is 0.138 e. The summed E-state index contributed by atoms with van der Waals surface area (Å²) >= 11 is 6.63. The van der Waals surface area contributed by atoms with Crippen LogP contribution in [0.25, 0.3) is 0 Å². The van der Waals surface area contributed by atoms with Crippen molar-refractivity contribution < 1.29 is 0 Å². The van der Waals surface area contributed by atoms with Crippen LogP contribution in [0.15, 0.2) is 6.07 Å². The second-order valence-electron chi connectivity index (χ2n) is 1.06. The molecule has 0 aliphatic carbocycles. The lowest BCUT2D eigenvalue weighted by atomic mass is 10.7. The van der Waals surface area contributed by atoms with E-state index < -0.39 is 0 Å². The average molecular weight is 135 g/mol. The summed E-state index contributed by atoms with van der Waals surface area (Å²) in [5.74, 6) is 0.495. The fourth-order valence-electron chi connectivity index (χ4n) is 0.265. The number of hydrogen-bond donors (Lipinski definition) is 1. The number of nitrogen functional groups attached to an aromatic ring is 1. The van der Waals surface area contributed by atoms with Gasteiger partial charge in [0.2, 0.25) is 0 Å². The third-order valence-corrected chi connectivity index (χ3v) is 1.41. The molecular weight excluding hydrogens is 132 g/mol. The Morgan fingerprint density at radius 1 is 1.86 bits per heavy atom. The summed E-state index contributed by atoms with van der Waals surface area (Å²) in [6.45, 7) is 0. The fraction of sp³-hybridized carbons (Fsp3) is 0. The Kier molecular flexibility index (Phi) is 1.17. The standard InChI is InChI=1S/C3H3ClN2S/c4-2-1-3(5)6-7-2/h1H,(H2,5,6). The molecule has 0 radical (unpaired) electrons. The molecule has 1 aromatic rings. The van der Waals surface area contributed by atoms with E-state index in [9.17, 15) is 0 Å². The molecular formula is C3H3ClN2S. The molecule has 0 spiro atoms. The summed E-state index contributed by atoms with van der Waals surface area (Å²) in [4.78, 5) is 0. The first-order valence-electron chi connectivity index (χ1n) is 1.67. The second-order valence-corrected chi connectivity index (χ2v) is 2.49. The van der Waals surface area contributed by atoms with Crippen molar-refractivity contribution >= 4 is 29.0 Å². The lowest BCUT2D eigenvalue weighted by Gasteiger charge is -1.68. The van der Waals surface area contributed by atoms with Crippen LogP contribution in [0.2, 0.25) is 4.34 Å². The van der Waals surface area contributed by atoms with E-state index in [1.807, 2.05) is 0 Å². The minimum atomic E-state index is 0.495. The van der Waals surface area contributed by atoms with E-state index in [0.29, 0.717) is 10.2 Å². The molecule has 38 valence electrons. The zero-order chi connectivity index (χ0) is 5.28. The molecule has 0 unspecified atom stereocenters. The van der Waals surface area contributed by atoms with Crippen molar-refractivity contribution in [3.8, 4) is 0 Å². The van der Waals surface area contributed by atoms with Crippen molar-refractivity contribution in [1.29, 1.82) is 0 Å². The van der Waals surface area contributed by atoms with Crippen LogP contribution in [0.3, 0.4) is 0 Å². The highest BCUT2D eigenvalue weighted by Gasteiger charge is 1.89. The molecule has 2 nitrogen and oxygen atoms in total. The maximum Gasteiger partial charge on any atom is 0.138 e. The maximum absolute atomic E-state index is 5.44. The van der Waals surface area contributed by atoms with Crippen molar-refractivity contribution in [3.05, 3.63) is 10.4 Å². The molecule has 0 bridgehead atoms. The number of hydrogen-bond acceptors (Lipinski definition) is 3. The third-order valence-electron chi connectivity index (χ3n) is 0.500. The molecule has 1 heterocycles. The summed E-state index contributed by atoms with van der Waals surface area (Å²) in [6, 6.07) is 1.62. The van der Waals surface area contributed by atoms with Gasteiger partial charge in [-0.05, 0) is 11.5 Å². The number of nitrogens with two attached hydrogens (primary N) is 1. The van der Waals surface area contributed by atoms with E-state index in [1.165, 1.54) is 11.5 Å². The van der Waals surface area contributed by atoms with Gasteiger partial charge in [0.1, 0.15) is 10.2 Å². The summed E-state index contributed by atoms with van der Waals surface area (Å²) < 4.78 is 4.34. The first-order chi connectivity index (χ1) is 3.29. The second kappa shape index (κ2) is 1.68. The van der Waals surface area contributed by atoms with Crippen molar-refractivity contribution in [3.63, 3.8) is 0 Å². The number of anilines is 1. The average Bonchev–Trinajstić information content (AvgIpc) is 1.87. The third kappa shape index (κ3) is 1.04. The van der Waals surface area contributed by atoms with Crippen LogP contribution in [0.4, 0.5) is 5.82 Å². The predicted molar refractivity (Wildman–Crippen MR) is 31.5 cm³/mol. The lowest BCUT2D eigenvalue weighted by molar-refractivity contribution is 1.57. The van der Waals surface area contributed by atoms with Crippen LogP contribution in [0, 0.1) is 0 Å². The molecule has 7 heavy (non-hydrogen) atoms. The number of nitrogens with zero attached hydrogens (tertiary/aromatic N) is 1. The van der Waals surface area contributed by atoms with Gasteiger partial charge >= 0.3 is 0 Å². The van der Waals surface area contributed by atoms with Crippen LogP contribution in [-0.2, 0) is 0 Å². The van der Waals surface area contributed by atoms with Gasteiger partial charge in [-0.25, -0.2) is 0 Å². The molecule has 2 N–H and O–H groups in total. The SMILES string of the molecule is Nc1cc(Cl)sn1. The van der Waals surface area contributed by atoms with Crippen LogP contribution in [-0.4, -0.2) is 4.37 Å². The molecule has 0 aromatic carbocycles. The van der Waals surface area contributed by atoms with Crippen molar-refractivity contribution in [1.82, 2.24) is 4.37 Å². The Labute approximate surface area is 50.1 Å². The summed E-state index contributed by atoms with van der Waals surface area (Å²) in [7, 11) is 0. The van der Waals surface area contributed by atoms with Gasteiger partial charge in [-0.3, -0.25) is 0 Å². The van der Waals surface area contributed by atoms with Gasteiger partial charge in [0.05, 0.1) is 0 Å². The Morgan fingerprint density at radius 2 is 2.57 bits per heavy atom. The van der Waals surface area contributed by atoms with Crippen LogP contribution >= 0.6 is 23.1 Å². The fourth-order valence-corrected chi connectivity index (χ4v) is 0.899. The Hall–Kier alpha value is -0.280. The van der Waals surface area contributed by atoms with E-state index >= 15 is 0 Å². The molecule has 4 heteroatoms. The number of rotatable bonds is 0. The monoisotopic (exact) mass is 134 g/mol. The summed E-state index contributed by atoms with van der Waals surface area (Å²) in [5, 5.41) is 0. The summed E-state index contributed by atoms with van der Waals surface area (Å²) in [6.07, 6.45) is 0. The molecule has 0 aliphatic heterocycles. The van der Waals surface area contributed by atoms with E-state index in [-0.39, 0.29) is 0 Å². The molecule has 0 aliphatic rings. The first kappa shape index (κ1) is 4.87. The molecule has 0 saturated heterocycles. The van der Waals surface area contributed by atoms with E-state index in [1.54, 1.807) is 6.07 Å². The van der Waals surface area contributed by atoms with Crippen LogP contribution in [0.5, 0.6) is 0 Å². The van der Waals surface area contributed by atoms with E-state index in [4.69, 9.17) is 17.3 Å². The normalized spacial score (nSPS) is 9.29. The minimum Gasteiger partial charge on any atom is -0.383 e. The highest BCUT2D eigenvalue weighted by Crippen LogP contribution is 2.16. The Bertz CT molecular complexity index is 145. The van der Waals surface area contributed by atoms with Gasteiger partial charge < -0.3 is 5.73 Å². The number of aromatic nitrogens is 1. The van der Waals surface area contributed by atoms with Gasteiger partial charge in [-0.1, -0.05) is 11.6 Å². The number of halogens is 1. The molecule has 0 amide bonds.